The van der Waals surface area contributed by atoms with Gasteiger partial charge in [0, 0.05) is 35.4 Å². The van der Waals surface area contributed by atoms with Gasteiger partial charge >= 0.3 is 6.03 Å². The highest BCUT2D eigenvalue weighted by molar-refractivity contribution is 7.13. The van der Waals surface area contributed by atoms with Crippen molar-refractivity contribution in [2.75, 3.05) is 5.32 Å². The molecule has 0 atom stereocenters. The molecule has 0 saturated carbocycles. The molecule has 2 amide bonds. The van der Waals surface area contributed by atoms with Crippen LogP contribution >= 0.6 is 11.3 Å². The number of aryl methyl sites for hydroxylation is 1. The van der Waals surface area contributed by atoms with Crippen molar-refractivity contribution < 1.29 is 9.21 Å². The van der Waals surface area contributed by atoms with Gasteiger partial charge < -0.3 is 9.73 Å². The van der Waals surface area contributed by atoms with Crippen molar-refractivity contribution >= 4 is 22.5 Å². The van der Waals surface area contributed by atoms with Crippen molar-refractivity contribution in [1.29, 1.82) is 0 Å². The van der Waals surface area contributed by atoms with Gasteiger partial charge in [-0.25, -0.2) is 9.78 Å². The Labute approximate surface area is 131 Å². The van der Waals surface area contributed by atoms with E-state index >= 15 is 0 Å². The normalized spacial score (nSPS) is 10.4. The minimum absolute atomic E-state index is 0.289. The monoisotopic (exact) mass is 314 g/mol. The van der Waals surface area contributed by atoms with Gasteiger partial charge in [-0.05, 0) is 24.6 Å². The maximum atomic E-state index is 11.8. The fourth-order valence-corrected chi connectivity index (χ4v) is 2.59. The van der Waals surface area contributed by atoms with Gasteiger partial charge in [-0.15, -0.1) is 11.3 Å². The van der Waals surface area contributed by atoms with E-state index in [-0.39, 0.29) is 6.03 Å². The largest absolute Gasteiger partial charge is 0.472 e. The van der Waals surface area contributed by atoms with Crippen LogP contribution in [0, 0.1) is 6.92 Å². The molecule has 0 aliphatic rings. The summed E-state index contributed by atoms with van der Waals surface area (Å²) in [7, 11) is 0. The van der Waals surface area contributed by atoms with Crippen molar-refractivity contribution in [3.8, 4) is 11.1 Å². The maximum absolute atomic E-state index is 11.8. The molecule has 0 bridgehead atoms. The van der Waals surface area contributed by atoms with Crippen molar-refractivity contribution in [1.82, 2.24) is 15.3 Å². The van der Waals surface area contributed by atoms with E-state index in [4.69, 9.17) is 4.42 Å². The Morgan fingerprint density at radius 2 is 2.27 bits per heavy atom. The molecule has 3 aromatic rings. The first-order chi connectivity index (χ1) is 10.7. The van der Waals surface area contributed by atoms with Crippen LogP contribution in [-0.4, -0.2) is 16.0 Å². The van der Waals surface area contributed by atoms with E-state index in [0.29, 0.717) is 11.7 Å². The lowest BCUT2D eigenvalue weighted by Crippen LogP contribution is -2.28. The molecular formula is C15H14N4O2S. The molecule has 6 nitrogen and oxygen atoms in total. The summed E-state index contributed by atoms with van der Waals surface area (Å²) in [6.07, 6.45) is 6.75. The third-order valence-electron chi connectivity index (χ3n) is 2.94. The number of rotatable bonds is 4. The number of furan rings is 1. The summed E-state index contributed by atoms with van der Waals surface area (Å²) in [5.41, 5.74) is 3.70. The Kier molecular flexibility index (Phi) is 4.15. The van der Waals surface area contributed by atoms with Gasteiger partial charge in [-0.3, -0.25) is 10.3 Å². The van der Waals surface area contributed by atoms with Gasteiger partial charge in [-0.2, -0.15) is 0 Å². The molecule has 0 fully saturated rings. The van der Waals surface area contributed by atoms with E-state index in [1.807, 2.05) is 24.4 Å². The van der Waals surface area contributed by atoms with E-state index in [2.05, 4.69) is 20.6 Å². The van der Waals surface area contributed by atoms with E-state index in [9.17, 15) is 4.79 Å². The van der Waals surface area contributed by atoms with Crippen LogP contribution in [0.4, 0.5) is 9.93 Å². The van der Waals surface area contributed by atoms with Gasteiger partial charge in [0.15, 0.2) is 5.13 Å². The molecule has 0 aliphatic heterocycles. The van der Waals surface area contributed by atoms with E-state index in [1.54, 1.807) is 24.9 Å². The molecule has 0 aromatic carbocycles. The van der Waals surface area contributed by atoms with Crippen LogP contribution in [-0.2, 0) is 6.54 Å². The Morgan fingerprint density at radius 1 is 1.36 bits per heavy atom. The number of urea groups is 1. The molecule has 112 valence electrons. The average Bonchev–Trinajstić information content (AvgIpc) is 3.17. The number of carbonyl (C=O) groups excluding carboxylic acids is 1. The standard InChI is InChI=1S/C15H14N4O2S/c1-10-9-22-15(18-10)19-14(20)17-6-11-4-13(7-16-5-11)12-2-3-21-8-12/h2-5,7-9H,6H2,1H3,(H2,17,18,19,20). The second-order valence-corrected chi connectivity index (χ2v) is 5.55. The maximum Gasteiger partial charge on any atom is 0.321 e. The number of nitrogens with one attached hydrogen (secondary N) is 2. The Hall–Kier alpha value is -2.67. The number of anilines is 1. The van der Waals surface area contributed by atoms with Gasteiger partial charge in [0.2, 0.25) is 0 Å². The zero-order valence-corrected chi connectivity index (χ0v) is 12.7. The van der Waals surface area contributed by atoms with E-state index in [1.165, 1.54) is 11.3 Å². The highest BCUT2D eigenvalue weighted by Gasteiger charge is 2.06. The topological polar surface area (TPSA) is 80.0 Å². The minimum Gasteiger partial charge on any atom is -0.472 e. The van der Waals surface area contributed by atoms with Gasteiger partial charge in [-0.1, -0.05) is 0 Å². The predicted molar refractivity (Wildman–Crippen MR) is 84.6 cm³/mol. The quantitative estimate of drug-likeness (QED) is 0.773. The third kappa shape index (κ3) is 3.50. The van der Waals surface area contributed by atoms with Crippen molar-refractivity contribution in [2.45, 2.75) is 13.5 Å². The Bertz CT molecular complexity index is 767. The SMILES string of the molecule is Cc1csc(NC(=O)NCc2cncc(-c3ccoc3)c2)n1. The first-order valence-corrected chi connectivity index (χ1v) is 7.52. The molecule has 2 N–H and O–H groups in total. The molecule has 3 rings (SSSR count). The van der Waals surface area contributed by atoms with Crippen LogP contribution in [0.5, 0.6) is 0 Å². The first-order valence-electron chi connectivity index (χ1n) is 6.64. The van der Waals surface area contributed by atoms with Crippen LogP contribution in [0.15, 0.2) is 46.8 Å². The van der Waals surface area contributed by atoms with Crippen molar-refractivity contribution in [3.63, 3.8) is 0 Å². The fraction of sp³-hybridized carbons (Fsp3) is 0.133. The summed E-state index contributed by atoms with van der Waals surface area (Å²) < 4.78 is 5.06. The molecule has 3 aromatic heterocycles. The number of carbonyl (C=O) groups is 1. The highest BCUT2D eigenvalue weighted by atomic mass is 32.1. The lowest BCUT2D eigenvalue weighted by Gasteiger charge is -2.06. The average molecular weight is 314 g/mol. The van der Waals surface area contributed by atoms with E-state index < -0.39 is 0 Å². The van der Waals surface area contributed by atoms with Gasteiger partial charge in [0.25, 0.3) is 0 Å². The molecule has 22 heavy (non-hydrogen) atoms. The lowest BCUT2D eigenvalue weighted by atomic mass is 10.1. The summed E-state index contributed by atoms with van der Waals surface area (Å²) in [4.78, 5) is 20.2. The van der Waals surface area contributed by atoms with E-state index in [0.717, 1.165) is 22.4 Å². The first kappa shape index (κ1) is 14.3. The molecule has 3 heterocycles. The number of pyridine rings is 1. The predicted octanol–water partition coefficient (Wildman–Crippen LogP) is 3.43. The smallest absolute Gasteiger partial charge is 0.321 e. The molecule has 7 heteroatoms. The van der Waals surface area contributed by atoms with Gasteiger partial charge in [0.1, 0.15) is 0 Å². The van der Waals surface area contributed by atoms with Crippen LogP contribution in [0.3, 0.4) is 0 Å². The summed E-state index contributed by atoms with van der Waals surface area (Å²) in [6, 6.07) is 3.54. The zero-order chi connectivity index (χ0) is 15.4. The van der Waals surface area contributed by atoms with Crippen molar-refractivity contribution in [3.05, 3.63) is 53.7 Å². The number of amides is 2. The van der Waals surface area contributed by atoms with Crippen LogP contribution in [0.2, 0.25) is 0 Å². The summed E-state index contributed by atoms with van der Waals surface area (Å²) in [5, 5.41) is 7.95. The summed E-state index contributed by atoms with van der Waals surface area (Å²) in [6.45, 7) is 2.27. The summed E-state index contributed by atoms with van der Waals surface area (Å²) in [5.74, 6) is 0. The Morgan fingerprint density at radius 3 is 3.00 bits per heavy atom. The zero-order valence-electron chi connectivity index (χ0n) is 11.9. The number of hydrogen-bond acceptors (Lipinski definition) is 5. The lowest BCUT2D eigenvalue weighted by molar-refractivity contribution is 0.251. The third-order valence-corrected chi connectivity index (χ3v) is 3.82. The highest BCUT2D eigenvalue weighted by Crippen LogP contribution is 2.19. The number of nitrogens with zero attached hydrogens (tertiary/aromatic N) is 2. The minimum atomic E-state index is -0.289. The molecule has 0 unspecified atom stereocenters. The second kappa shape index (κ2) is 6.40. The molecule has 0 spiro atoms. The molecule has 0 aliphatic carbocycles. The fourth-order valence-electron chi connectivity index (χ4n) is 1.91. The molecular weight excluding hydrogens is 300 g/mol. The molecule has 0 saturated heterocycles. The number of hydrogen-bond donors (Lipinski definition) is 2. The van der Waals surface area contributed by atoms with Crippen LogP contribution in [0.1, 0.15) is 11.3 Å². The number of thiazole rings is 1. The molecule has 0 radical (unpaired) electrons. The van der Waals surface area contributed by atoms with Crippen molar-refractivity contribution in [2.24, 2.45) is 0 Å². The Balaban J connectivity index is 1.59. The van der Waals surface area contributed by atoms with Crippen LogP contribution < -0.4 is 10.6 Å². The number of aromatic nitrogens is 2. The van der Waals surface area contributed by atoms with Crippen LogP contribution in [0.25, 0.3) is 11.1 Å². The second-order valence-electron chi connectivity index (χ2n) is 4.70. The summed E-state index contributed by atoms with van der Waals surface area (Å²) >= 11 is 1.39. The van der Waals surface area contributed by atoms with Gasteiger partial charge in [0.05, 0.1) is 18.2 Å².